The molecule has 0 amide bonds. The van der Waals surface area contributed by atoms with E-state index in [1.54, 1.807) is 7.11 Å². The van der Waals surface area contributed by atoms with Crippen molar-refractivity contribution in [3.8, 4) is 5.75 Å². The molecule has 0 atom stereocenters. The van der Waals surface area contributed by atoms with E-state index in [2.05, 4.69) is 17.0 Å². The van der Waals surface area contributed by atoms with Crippen molar-refractivity contribution in [2.45, 2.75) is 25.7 Å². The van der Waals surface area contributed by atoms with Crippen molar-refractivity contribution >= 4 is 5.97 Å². The Labute approximate surface area is 120 Å². The van der Waals surface area contributed by atoms with E-state index < -0.39 is 5.97 Å². The Bertz CT molecular complexity index is 422. The Hall–Kier alpha value is -1.55. The summed E-state index contributed by atoms with van der Waals surface area (Å²) in [6, 6.07) is 8.20. The van der Waals surface area contributed by atoms with Crippen LogP contribution in [0.25, 0.3) is 0 Å². The fourth-order valence-corrected chi connectivity index (χ4v) is 2.74. The molecule has 1 saturated heterocycles. The van der Waals surface area contributed by atoms with Gasteiger partial charge in [-0.1, -0.05) is 12.1 Å². The molecular weight excluding hydrogens is 254 g/mol. The number of nitrogens with zero attached hydrogens (tertiary/aromatic N) is 1. The molecule has 20 heavy (non-hydrogen) atoms. The first-order valence-corrected chi connectivity index (χ1v) is 7.24. The fourth-order valence-electron chi connectivity index (χ4n) is 2.74. The smallest absolute Gasteiger partial charge is 0.303 e. The number of hydrogen-bond acceptors (Lipinski definition) is 3. The van der Waals surface area contributed by atoms with Crippen molar-refractivity contribution in [2.75, 3.05) is 26.7 Å². The fraction of sp³-hybridized carbons (Fsp3) is 0.562. The van der Waals surface area contributed by atoms with Crippen LogP contribution < -0.4 is 4.74 Å². The number of methoxy groups -OCH3 is 1. The summed E-state index contributed by atoms with van der Waals surface area (Å²) in [4.78, 5) is 13.1. The second kappa shape index (κ2) is 7.29. The van der Waals surface area contributed by atoms with Gasteiger partial charge in [-0.2, -0.15) is 0 Å². The van der Waals surface area contributed by atoms with Gasteiger partial charge in [0.1, 0.15) is 5.75 Å². The van der Waals surface area contributed by atoms with Gasteiger partial charge in [0.2, 0.25) is 0 Å². The average molecular weight is 277 g/mol. The molecule has 110 valence electrons. The third kappa shape index (κ3) is 4.53. The average Bonchev–Trinajstić information content (AvgIpc) is 2.46. The van der Waals surface area contributed by atoms with Gasteiger partial charge in [-0.05, 0) is 56.0 Å². The number of aliphatic carboxylic acids is 1. The van der Waals surface area contributed by atoms with Crippen molar-refractivity contribution in [3.63, 3.8) is 0 Å². The van der Waals surface area contributed by atoms with E-state index in [1.807, 2.05) is 12.1 Å². The first-order chi connectivity index (χ1) is 9.67. The van der Waals surface area contributed by atoms with Crippen LogP contribution in [0.3, 0.4) is 0 Å². The Kier molecular flexibility index (Phi) is 5.41. The van der Waals surface area contributed by atoms with E-state index in [0.717, 1.165) is 44.6 Å². The van der Waals surface area contributed by atoms with Crippen molar-refractivity contribution in [3.05, 3.63) is 29.8 Å². The van der Waals surface area contributed by atoms with Crippen molar-refractivity contribution in [2.24, 2.45) is 5.92 Å². The number of ether oxygens (including phenoxy) is 1. The van der Waals surface area contributed by atoms with Gasteiger partial charge in [0.25, 0.3) is 0 Å². The molecule has 1 aliphatic rings. The number of carboxylic acids is 1. The van der Waals surface area contributed by atoms with Crippen LogP contribution in [0.15, 0.2) is 24.3 Å². The van der Waals surface area contributed by atoms with Crippen LogP contribution in [-0.2, 0) is 11.2 Å². The lowest BCUT2D eigenvalue weighted by atomic mass is 9.93. The predicted octanol–water partition coefficient (Wildman–Crippen LogP) is 2.42. The standard InChI is InChI=1S/C16H23NO3/c1-20-15-4-2-13(3-5-15)6-9-17-10-7-14(8-11-17)12-16(18)19/h2-5,14H,6-12H2,1H3,(H,18,19). The first-order valence-electron chi connectivity index (χ1n) is 7.24. The molecule has 2 rings (SSSR count). The predicted molar refractivity (Wildman–Crippen MR) is 78.1 cm³/mol. The molecule has 0 unspecified atom stereocenters. The third-order valence-electron chi connectivity index (χ3n) is 4.05. The number of rotatable bonds is 6. The van der Waals surface area contributed by atoms with E-state index in [4.69, 9.17) is 9.84 Å². The topological polar surface area (TPSA) is 49.8 Å². The molecule has 1 fully saturated rings. The van der Waals surface area contributed by atoms with Crippen molar-refractivity contribution in [1.82, 2.24) is 4.90 Å². The third-order valence-corrected chi connectivity index (χ3v) is 4.05. The lowest BCUT2D eigenvalue weighted by Gasteiger charge is -2.31. The highest BCUT2D eigenvalue weighted by Crippen LogP contribution is 2.20. The number of carbonyl (C=O) groups is 1. The summed E-state index contributed by atoms with van der Waals surface area (Å²) in [7, 11) is 1.68. The highest BCUT2D eigenvalue weighted by atomic mass is 16.5. The van der Waals surface area contributed by atoms with Gasteiger partial charge in [0.15, 0.2) is 0 Å². The summed E-state index contributed by atoms with van der Waals surface area (Å²) in [5, 5.41) is 8.80. The van der Waals surface area contributed by atoms with Gasteiger partial charge in [0.05, 0.1) is 7.11 Å². The van der Waals surface area contributed by atoms with Crippen molar-refractivity contribution in [1.29, 1.82) is 0 Å². The van der Waals surface area contributed by atoms with Gasteiger partial charge in [-0.15, -0.1) is 0 Å². The van der Waals surface area contributed by atoms with E-state index in [9.17, 15) is 4.79 Å². The molecule has 0 spiro atoms. The van der Waals surface area contributed by atoms with Gasteiger partial charge in [-0.25, -0.2) is 0 Å². The Morgan fingerprint density at radius 1 is 1.30 bits per heavy atom. The first kappa shape index (κ1) is 14.9. The number of likely N-dealkylation sites (tertiary alicyclic amines) is 1. The Morgan fingerprint density at radius 2 is 1.95 bits per heavy atom. The molecule has 4 nitrogen and oxygen atoms in total. The second-order valence-corrected chi connectivity index (χ2v) is 5.48. The Balaban J connectivity index is 1.71. The summed E-state index contributed by atoms with van der Waals surface area (Å²) >= 11 is 0. The van der Waals surface area contributed by atoms with E-state index in [1.165, 1.54) is 5.56 Å². The molecular formula is C16H23NO3. The Morgan fingerprint density at radius 3 is 2.50 bits per heavy atom. The summed E-state index contributed by atoms with van der Waals surface area (Å²) in [5.74, 6) is 0.592. The second-order valence-electron chi connectivity index (χ2n) is 5.48. The van der Waals surface area contributed by atoms with Crippen LogP contribution in [0, 0.1) is 5.92 Å². The molecule has 1 heterocycles. The van der Waals surface area contributed by atoms with Crippen LogP contribution in [-0.4, -0.2) is 42.7 Å². The molecule has 0 aromatic heterocycles. The van der Waals surface area contributed by atoms with Crippen LogP contribution in [0.5, 0.6) is 5.75 Å². The number of piperidine rings is 1. The van der Waals surface area contributed by atoms with E-state index in [0.29, 0.717) is 12.3 Å². The van der Waals surface area contributed by atoms with Gasteiger partial charge in [0, 0.05) is 13.0 Å². The zero-order chi connectivity index (χ0) is 14.4. The summed E-state index contributed by atoms with van der Waals surface area (Å²) in [6.45, 7) is 3.09. The molecule has 0 aliphatic carbocycles. The minimum atomic E-state index is -0.665. The molecule has 1 N–H and O–H groups in total. The van der Waals surface area contributed by atoms with E-state index >= 15 is 0 Å². The minimum Gasteiger partial charge on any atom is -0.497 e. The maximum Gasteiger partial charge on any atom is 0.303 e. The molecule has 1 aromatic rings. The molecule has 0 saturated carbocycles. The zero-order valence-corrected chi connectivity index (χ0v) is 12.0. The summed E-state index contributed by atoms with van der Waals surface area (Å²) in [5.41, 5.74) is 1.32. The van der Waals surface area contributed by atoms with Crippen LogP contribution in [0.1, 0.15) is 24.8 Å². The molecule has 0 bridgehead atoms. The number of carboxylic acid groups (broad SMARTS) is 1. The van der Waals surface area contributed by atoms with Crippen LogP contribution in [0.4, 0.5) is 0 Å². The normalized spacial score (nSPS) is 17.1. The lowest BCUT2D eigenvalue weighted by Crippen LogP contribution is -2.35. The SMILES string of the molecule is COc1ccc(CCN2CCC(CC(=O)O)CC2)cc1. The van der Waals surface area contributed by atoms with Gasteiger partial charge < -0.3 is 14.7 Å². The van der Waals surface area contributed by atoms with Crippen LogP contribution >= 0.6 is 0 Å². The number of benzene rings is 1. The monoisotopic (exact) mass is 277 g/mol. The number of hydrogen-bond donors (Lipinski definition) is 1. The summed E-state index contributed by atoms with van der Waals surface area (Å²) < 4.78 is 5.15. The molecule has 1 aliphatic heterocycles. The summed E-state index contributed by atoms with van der Waals surface area (Å²) in [6.07, 6.45) is 3.38. The molecule has 1 aromatic carbocycles. The largest absolute Gasteiger partial charge is 0.497 e. The van der Waals surface area contributed by atoms with E-state index in [-0.39, 0.29) is 0 Å². The molecule has 0 radical (unpaired) electrons. The quantitative estimate of drug-likeness (QED) is 0.867. The minimum absolute atomic E-state index is 0.326. The highest BCUT2D eigenvalue weighted by molar-refractivity contribution is 5.67. The highest BCUT2D eigenvalue weighted by Gasteiger charge is 2.20. The lowest BCUT2D eigenvalue weighted by molar-refractivity contribution is -0.138. The zero-order valence-electron chi connectivity index (χ0n) is 12.0. The van der Waals surface area contributed by atoms with Gasteiger partial charge >= 0.3 is 5.97 Å². The maximum absolute atomic E-state index is 10.7. The molecule has 4 heteroatoms. The maximum atomic E-state index is 10.7. The van der Waals surface area contributed by atoms with Gasteiger partial charge in [-0.3, -0.25) is 4.79 Å². The van der Waals surface area contributed by atoms with Crippen LogP contribution in [0.2, 0.25) is 0 Å². The van der Waals surface area contributed by atoms with Crippen molar-refractivity contribution < 1.29 is 14.6 Å².